The third-order valence-corrected chi connectivity index (χ3v) is 5.96. The van der Waals surface area contributed by atoms with Crippen LogP contribution in [0.2, 0.25) is 0 Å². The number of halogens is 1. The van der Waals surface area contributed by atoms with E-state index in [-0.39, 0.29) is 17.9 Å². The number of pyridine rings is 1. The molecule has 0 aliphatic carbocycles. The second kappa shape index (κ2) is 9.21. The summed E-state index contributed by atoms with van der Waals surface area (Å²) in [5, 5.41) is 12.4. The monoisotopic (exact) mass is 422 g/mol. The summed E-state index contributed by atoms with van der Waals surface area (Å²) in [6.07, 6.45) is 3.47. The lowest BCUT2D eigenvalue weighted by molar-refractivity contribution is 0.188. The minimum atomic E-state index is -0.222. The molecular weight excluding hydrogens is 395 g/mol. The highest BCUT2D eigenvalue weighted by Crippen LogP contribution is 2.25. The zero-order valence-electron chi connectivity index (χ0n) is 17.7. The van der Waals surface area contributed by atoms with Crippen molar-refractivity contribution in [2.45, 2.75) is 25.8 Å². The van der Waals surface area contributed by atoms with Crippen LogP contribution in [0.4, 0.5) is 20.7 Å². The fourth-order valence-corrected chi connectivity index (χ4v) is 4.30. The van der Waals surface area contributed by atoms with E-state index in [1.807, 2.05) is 22.8 Å². The summed E-state index contributed by atoms with van der Waals surface area (Å²) in [4.78, 5) is 23.0. The van der Waals surface area contributed by atoms with Crippen molar-refractivity contribution < 1.29 is 9.18 Å². The van der Waals surface area contributed by atoms with Crippen LogP contribution in [-0.4, -0.2) is 61.2 Å². The van der Waals surface area contributed by atoms with Gasteiger partial charge in [-0.3, -0.25) is 0 Å². The number of amides is 2. The van der Waals surface area contributed by atoms with E-state index in [2.05, 4.69) is 16.4 Å². The average Bonchev–Trinajstić information content (AvgIpc) is 2.81. The maximum absolute atomic E-state index is 14.3. The highest BCUT2D eigenvalue weighted by molar-refractivity contribution is 5.75. The normalized spacial score (nSPS) is 19.1. The Labute approximate surface area is 182 Å². The summed E-state index contributed by atoms with van der Waals surface area (Å²) in [5.41, 5.74) is 2.18. The van der Waals surface area contributed by atoms with E-state index in [0.29, 0.717) is 49.8 Å². The number of nitrogens with one attached hydrogen (secondary N) is 1. The lowest BCUT2D eigenvalue weighted by Gasteiger charge is -2.38. The summed E-state index contributed by atoms with van der Waals surface area (Å²) < 4.78 is 14.3. The Bertz CT molecular complexity index is 982. The van der Waals surface area contributed by atoms with Crippen LogP contribution in [-0.2, 0) is 0 Å². The molecule has 7 nitrogen and oxygen atoms in total. The number of nitriles is 1. The summed E-state index contributed by atoms with van der Waals surface area (Å²) in [7, 11) is 0. The van der Waals surface area contributed by atoms with E-state index in [1.165, 1.54) is 6.07 Å². The number of piperazine rings is 1. The number of hydrogen-bond donors (Lipinski definition) is 1. The van der Waals surface area contributed by atoms with Gasteiger partial charge in [0.2, 0.25) is 0 Å². The van der Waals surface area contributed by atoms with Crippen LogP contribution in [0, 0.1) is 24.1 Å². The molecule has 4 rings (SSSR count). The van der Waals surface area contributed by atoms with Gasteiger partial charge in [0.1, 0.15) is 17.7 Å². The molecule has 0 radical (unpaired) electrons. The highest BCUT2D eigenvalue weighted by atomic mass is 19.1. The third kappa shape index (κ3) is 4.71. The number of nitrogens with zero attached hydrogens (tertiary/aromatic N) is 5. The maximum atomic E-state index is 14.3. The summed E-state index contributed by atoms with van der Waals surface area (Å²) in [6, 6.07) is 10.7. The van der Waals surface area contributed by atoms with Crippen molar-refractivity contribution in [3.05, 3.63) is 53.5 Å². The van der Waals surface area contributed by atoms with Gasteiger partial charge >= 0.3 is 6.03 Å². The van der Waals surface area contributed by atoms with Crippen LogP contribution in [0.5, 0.6) is 0 Å². The summed E-state index contributed by atoms with van der Waals surface area (Å²) in [5.74, 6) is 0.452. The SMILES string of the molecule is Cc1ccc(F)c(N2CCCC(NC(=O)N3CCN(c4ncccc4C#N)CC3)C2)c1. The van der Waals surface area contributed by atoms with Gasteiger partial charge in [-0.25, -0.2) is 14.2 Å². The number of carbonyl (C=O) groups is 1. The molecule has 2 amide bonds. The van der Waals surface area contributed by atoms with E-state index < -0.39 is 0 Å². The number of piperidine rings is 1. The van der Waals surface area contributed by atoms with E-state index in [0.717, 1.165) is 24.9 Å². The summed E-state index contributed by atoms with van der Waals surface area (Å²) >= 11 is 0. The second-order valence-electron chi connectivity index (χ2n) is 8.15. The molecule has 2 saturated heterocycles. The van der Waals surface area contributed by atoms with Crippen LogP contribution >= 0.6 is 0 Å². The van der Waals surface area contributed by atoms with Crippen molar-refractivity contribution in [2.75, 3.05) is 49.1 Å². The van der Waals surface area contributed by atoms with Crippen LogP contribution in [0.25, 0.3) is 0 Å². The highest BCUT2D eigenvalue weighted by Gasteiger charge is 2.27. The Kier molecular flexibility index (Phi) is 6.21. The molecule has 31 heavy (non-hydrogen) atoms. The predicted octanol–water partition coefficient (Wildman–Crippen LogP) is 2.90. The third-order valence-electron chi connectivity index (χ3n) is 5.96. The summed E-state index contributed by atoms with van der Waals surface area (Å²) in [6.45, 7) is 5.74. The lowest BCUT2D eigenvalue weighted by Crippen LogP contribution is -2.56. The predicted molar refractivity (Wildman–Crippen MR) is 118 cm³/mol. The van der Waals surface area contributed by atoms with Gasteiger partial charge in [0, 0.05) is 51.5 Å². The van der Waals surface area contributed by atoms with Gasteiger partial charge in [0.25, 0.3) is 0 Å². The fraction of sp³-hybridized carbons (Fsp3) is 0.435. The molecule has 1 atom stereocenters. The van der Waals surface area contributed by atoms with Crippen molar-refractivity contribution in [2.24, 2.45) is 0 Å². The molecule has 1 aromatic heterocycles. The zero-order chi connectivity index (χ0) is 21.8. The van der Waals surface area contributed by atoms with E-state index in [9.17, 15) is 14.4 Å². The number of urea groups is 1. The number of carbonyl (C=O) groups excluding carboxylic acids is 1. The number of benzene rings is 1. The number of anilines is 2. The molecular formula is C23H27FN6O. The Morgan fingerprint density at radius 3 is 2.77 bits per heavy atom. The molecule has 0 bridgehead atoms. The molecule has 162 valence electrons. The Morgan fingerprint density at radius 1 is 1.19 bits per heavy atom. The Balaban J connectivity index is 1.33. The fourth-order valence-electron chi connectivity index (χ4n) is 4.30. The van der Waals surface area contributed by atoms with Gasteiger partial charge in [-0.15, -0.1) is 0 Å². The first-order chi connectivity index (χ1) is 15.0. The van der Waals surface area contributed by atoms with Gasteiger partial charge in [0.05, 0.1) is 11.3 Å². The standard InChI is InChI=1S/C23H27FN6O/c1-17-6-7-20(24)21(14-17)30-9-3-5-19(16-30)27-23(31)29-12-10-28(11-13-29)22-18(15-25)4-2-8-26-22/h2,4,6-8,14,19H,3,5,9-13,16H2,1H3,(H,27,31). The second-order valence-corrected chi connectivity index (χ2v) is 8.15. The quantitative estimate of drug-likeness (QED) is 0.823. The molecule has 2 aromatic rings. The lowest BCUT2D eigenvalue weighted by atomic mass is 10.0. The molecule has 0 spiro atoms. The zero-order valence-corrected chi connectivity index (χ0v) is 17.7. The first-order valence-corrected chi connectivity index (χ1v) is 10.7. The van der Waals surface area contributed by atoms with E-state index in [1.54, 1.807) is 29.3 Å². The maximum Gasteiger partial charge on any atom is 0.317 e. The van der Waals surface area contributed by atoms with Gasteiger partial charge in [0.15, 0.2) is 0 Å². The smallest absolute Gasteiger partial charge is 0.317 e. The van der Waals surface area contributed by atoms with Crippen LogP contribution in [0.1, 0.15) is 24.0 Å². The first-order valence-electron chi connectivity index (χ1n) is 10.7. The molecule has 0 saturated carbocycles. The van der Waals surface area contributed by atoms with Gasteiger partial charge in [-0.2, -0.15) is 5.26 Å². The molecule has 8 heteroatoms. The topological polar surface area (TPSA) is 75.5 Å². The van der Waals surface area contributed by atoms with Gasteiger partial charge in [-0.05, 0) is 49.6 Å². The largest absolute Gasteiger partial charge is 0.367 e. The molecule has 1 unspecified atom stereocenters. The van der Waals surface area contributed by atoms with Crippen LogP contribution in [0.15, 0.2) is 36.5 Å². The number of rotatable bonds is 3. The van der Waals surface area contributed by atoms with Crippen molar-refractivity contribution in [3.8, 4) is 6.07 Å². The molecule has 1 N–H and O–H groups in total. The van der Waals surface area contributed by atoms with Crippen LogP contribution in [0.3, 0.4) is 0 Å². The van der Waals surface area contributed by atoms with E-state index >= 15 is 0 Å². The Hall–Kier alpha value is -3.34. The van der Waals surface area contributed by atoms with Crippen molar-refractivity contribution in [3.63, 3.8) is 0 Å². The molecule has 2 aliphatic rings. The van der Waals surface area contributed by atoms with Crippen molar-refractivity contribution in [1.29, 1.82) is 5.26 Å². The molecule has 1 aromatic carbocycles. The van der Waals surface area contributed by atoms with Gasteiger partial charge in [-0.1, -0.05) is 6.07 Å². The number of aromatic nitrogens is 1. The minimum Gasteiger partial charge on any atom is -0.367 e. The first kappa shape index (κ1) is 20.9. The van der Waals surface area contributed by atoms with E-state index in [4.69, 9.17) is 0 Å². The number of hydrogen-bond acceptors (Lipinski definition) is 5. The average molecular weight is 423 g/mol. The molecule has 2 fully saturated rings. The number of aryl methyl sites for hydroxylation is 1. The van der Waals surface area contributed by atoms with Crippen molar-refractivity contribution >= 4 is 17.5 Å². The minimum absolute atomic E-state index is 0.0137. The van der Waals surface area contributed by atoms with Crippen molar-refractivity contribution in [1.82, 2.24) is 15.2 Å². The molecule has 3 heterocycles. The van der Waals surface area contributed by atoms with Gasteiger partial charge < -0.3 is 20.0 Å². The Morgan fingerprint density at radius 2 is 2.00 bits per heavy atom. The van der Waals surface area contributed by atoms with Crippen LogP contribution < -0.4 is 15.1 Å². The molecule has 2 aliphatic heterocycles.